The number of hydrogen-bond donors (Lipinski definition) is 1. The van der Waals surface area contributed by atoms with E-state index in [4.69, 9.17) is 9.47 Å². The molecular formula is C14H24N2O2. The van der Waals surface area contributed by atoms with E-state index in [-0.39, 0.29) is 0 Å². The van der Waals surface area contributed by atoms with E-state index in [0.29, 0.717) is 11.8 Å². The first-order valence-corrected chi connectivity index (χ1v) is 6.49. The maximum Gasteiger partial charge on any atom is 0.212 e. The minimum atomic E-state index is 0.614. The van der Waals surface area contributed by atoms with Crippen LogP contribution in [-0.4, -0.2) is 31.9 Å². The van der Waals surface area contributed by atoms with Crippen molar-refractivity contribution in [2.45, 2.75) is 26.8 Å². The van der Waals surface area contributed by atoms with Crippen LogP contribution in [0.3, 0.4) is 0 Å². The van der Waals surface area contributed by atoms with Gasteiger partial charge in [-0.15, -0.1) is 0 Å². The summed E-state index contributed by atoms with van der Waals surface area (Å²) in [5.41, 5.74) is 1.17. The monoisotopic (exact) mass is 252 g/mol. The Bertz CT molecular complexity index is 312. The van der Waals surface area contributed by atoms with Gasteiger partial charge in [0, 0.05) is 32.0 Å². The molecular weight excluding hydrogens is 228 g/mol. The zero-order chi connectivity index (χ0) is 13.2. The molecule has 0 unspecified atom stereocenters. The van der Waals surface area contributed by atoms with Crippen molar-refractivity contribution in [3.63, 3.8) is 0 Å². The largest absolute Gasteiger partial charge is 0.481 e. The standard InChI is InChI=1S/C14H24N2O2/c1-12(2)11-18-8-4-7-15-9-13-5-6-14(17-3)16-10-13/h5-6,10,12,15H,4,7-9,11H2,1-3H3. The molecule has 0 amide bonds. The summed E-state index contributed by atoms with van der Waals surface area (Å²) >= 11 is 0. The van der Waals surface area contributed by atoms with Crippen molar-refractivity contribution in [1.82, 2.24) is 10.3 Å². The fraction of sp³-hybridized carbons (Fsp3) is 0.643. The van der Waals surface area contributed by atoms with Crippen molar-refractivity contribution in [3.8, 4) is 5.88 Å². The lowest BCUT2D eigenvalue weighted by atomic mass is 10.2. The average molecular weight is 252 g/mol. The number of ether oxygens (including phenoxy) is 2. The van der Waals surface area contributed by atoms with Gasteiger partial charge < -0.3 is 14.8 Å². The number of methoxy groups -OCH3 is 1. The molecule has 1 N–H and O–H groups in total. The number of hydrogen-bond acceptors (Lipinski definition) is 4. The van der Waals surface area contributed by atoms with Gasteiger partial charge in [0.05, 0.1) is 7.11 Å². The second kappa shape index (κ2) is 8.89. The third kappa shape index (κ3) is 6.57. The third-order valence-corrected chi connectivity index (χ3v) is 2.43. The Balaban J connectivity index is 2.03. The van der Waals surface area contributed by atoms with Crippen LogP contribution in [0.2, 0.25) is 0 Å². The lowest BCUT2D eigenvalue weighted by Crippen LogP contribution is -2.17. The Hall–Kier alpha value is -1.13. The van der Waals surface area contributed by atoms with E-state index in [2.05, 4.69) is 24.1 Å². The minimum Gasteiger partial charge on any atom is -0.481 e. The Morgan fingerprint density at radius 2 is 2.17 bits per heavy atom. The zero-order valence-corrected chi connectivity index (χ0v) is 11.6. The Morgan fingerprint density at radius 1 is 1.33 bits per heavy atom. The summed E-state index contributed by atoms with van der Waals surface area (Å²) in [4.78, 5) is 4.16. The van der Waals surface area contributed by atoms with Gasteiger partial charge in [0.1, 0.15) is 0 Å². The Labute approximate surface area is 110 Å². The van der Waals surface area contributed by atoms with Gasteiger partial charge in [-0.1, -0.05) is 19.9 Å². The third-order valence-electron chi connectivity index (χ3n) is 2.43. The Kier molecular flexibility index (Phi) is 7.37. The lowest BCUT2D eigenvalue weighted by molar-refractivity contribution is 0.108. The van der Waals surface area contributed by atoms with Crippen LogP contribution in [0.1, 0.15) is 25.8 Å². The highest BCUT2D eigenvalue weighted by molar-refractivity contribution is 5.17. The SMILES string of the molecule is COc1ccc(CNCCCOCC(C)C)cn1. The smallest absolute Gasteiger partial charge is 0.212 e. The van der Waals surface area contributed by atoms with E-state index in [0.717, 1.165) is 32.7 Å². The first-order valence-electron chi connectivity index (χ1n) is 6.49. The highest BCUT2D eigenvalue weighted by Gasteiger charge is 1.96. The Morgan fingerprint density at radius 3 is 2.78 bits per heavy atom. The molecule has 0 aliphatic carbocycles. The van der Waals surface area contributed by atoms with Crippen molar-refractivity contribution >= 4 is 0 Å². The van der Waals surface area contributed by atoms with Gasteiger partial charge in [0.15, 0.2) is 0 Å². The molecule has 1 aromatic heterocycles. The van der Waals surface area contributed by atoms with Crippen LogP contribution in [0.15, 0.2) is 18.3 Å². The summed E-state index contributed by atoms with van der Waals surface area (Å²) in [5.74, 6) is 1.27. The molecule has 0 atom stereocenters. The van der Waals surface area contributed by atoms with Gasteiger partial charge >= 0.3 is 0 Å². The van der Waals surface area contributed by atoms with Crippen LogP contribution in [0.25, 0.3) is 0 Å². The van der Waals surface area contributed by atoms with Gasteiger partial charge in [-0.3, -0.25) is 0 Å². The molecule has 1 heterocycles. The second-order valence-corrected chi connectivity index (χ2v) is 4.71. The van der Waals surface area contributed by atoms with Crippen LogP contribution >= 0.6 is 0 Å². The van der Waals surface area contributed by atoms with Crippen molar-refractivity contribution in [1.29, 1.82) is 0 Å². The number of rotatable bonds is 9. The van der Waals surface area contributed by atoms with Crippen molar-refractivity contribution in [2.24, 2.45) is 5.92 Å². The van der Waals surface area contributed by atoms with Crippen LogP contribution in [-0.2, 0) is 11.3 Å². The average Bonchev–Trinajstić information content (AvgIpc) is 2.38. The molecule has 0 fully saturated rings. The highest BCUT2D eigenvalue weighted by atomic mass is 16.5. The molecule has 0 saturated carbocycles. The summed E-state index contributed by atoms with van der Waals surface area (Å²) in [5, 5.41) is 3.37. The second-order valence-electron chi connectivity index (χ2n) is 4.71. The summed E-state index contributed by atoms with van der Waals surface area (Å²) in [6, 6.07) is 3.90. The van der Waals surface area contributed by atoms with E-state index >= 15 is 0 Å². The number of aromatic nitrogens is 1. The topological polar surface area (TPSA) is 43.4 Å². The van der Waals surface area contributed by atoms with Gasteiger partial charge in [-0.2, -0.15) is 0 Å². The summed E-state index contributed by atoms with van der Waals surface area (Å²) < 4.78 is 10.5. The molecule has 0 bridgehead atoms. The molecule has 1 rings (SSSR count). The molecule has 102 valence electrons. The van der Waals surface area contributed by atoms with Crippen molar-refractivity contribution < 1.29 is 9.47 Å². The van der Waals surface area contributed by atoms with E-state index in [9.17, 15) is 0 Å². The van der Waals surface area contributed by atoms with Gasteiger partial charge in [-0.05, 0) is 24.4 Å². The fourth-order valence-electron chi connectivity index (χ4n) is 1.49. The molecule has 0 aromatic carbocycles. The predicted octanol–water partition coefficient (Wildman–Crippen LogP) is 2.24. The van der Waals surface area contributed by atoms with Crippen LogP contribution in [0.4, 0.5) is 0 Å². The number of pyridine rings is 1. The first kappa shape index (κ1) is 14.9. The maximum absolute atomic E-state index is 5.51. The van der Waals surface area contributed by atoms with Gasteiger partial charge in [0.25, 0.3) is 0 Å². The summed E-state index contributed by atoms with van der Waals surface area (Å²) in [7, 11) is 1.62. The zero-order valence-electron chi connectivity index (χ0n) is 11.6. The van der Waals surface area contributed by atoms with Crippen LogP contribution in [0, 0.1) is 5.92 Å². The maximum atomic E-state index is 5.51. The molecule has 0 radical (unpaired) electrons. The van der Waals surface area contributed by atoms with Gasteiger partial charge in [-0.25, -0.2) is 4.98 Å². The molecule has 18 heavy (non-hydrogen) atoms. The van der Waals surface area contributed by atoms with Crippen molar-refractivity contribution in [2.75, 3.05) is 26.9 Å². The van der Waals surface area contributed by atoms with E-state index in [1.807, 2.05) is 18.3 Å². The molecule has 0 saturated heterocycles. The first-order chi connectivity index (χ1) is 8.72. The quantitative estimate of drug-likeness (QED) is 0.685. The van der Waals surface area contributed by atoms with Gasteiger partial charge in [0.2, 0.25) is 5.88 Å². The molecule has 0 spiro atoms. The number of nitrogens with one attached hydrogen (secondary N) is 1. The van der Waals surface area contributed by atoms with Crippen LogP contribution in [0.5, 0.6) is 5.88 Å². The van der Waals surface area contributed by atoms with E-state index in [1.54, 1.807) is 7.11 Å². The normalized spacial score (nSPS) is 10.9. The molecule has 0 aliphatic rings. The predicted molar refractivity (Wildman–Crippen MR) is 72.8 cm³/mol. The van der Waals surface area contributed by atoms with Crippen molar-refractivity contribution in [3.05, 3.63) is 23.9 Å². The lowest BCUT2D eigenvalue weighted by Gasteiger charge is -2.07. The molecule has 0 aliphatic heterocycles. The molecule has 4 nitrogen and oxygen atoms in total. The van der Waals surface area contributed by atoms with E-state index < -0.39 is 0 Å². The molecule has 4 heteroatoms. The fourth-order valence-corrected chi connectivity index (χ4v) is 1.49. The number of nitrogens with zero attached hydrogens (tertiary/aromatic N) is 1. The summed E-state index contributed by atoms with van der Waals surface area (Å²) in [6.07, 6.45) is 2.87. The minimum absolute atomic E-state index is 0.614. The van der Waals surface area contributed by atoms with Crippen LogP contribution < -0.4 is 10.1 Å². The molecule has 1 aromatic rings. The highest BCUT2D eigenvalue weighted by Crippen LogP contribution is 2.06. The summed E-state index contributed by atoms with van der Waals surface area (Å²) in [6.45, 7) is 7.80. The van der Waals surface area contributed by atoms with E-state index in [1.165, 1.54) is 5.56 Å².